The van der Waals surface area contributed by atoms with Gasteiger partial charge in [0.1, 0.15) is 11.5 Å². The van der Waals surface area contributed by atoms with Gasteiger partial charge in [0.05, 0.1) is 22.6 Å². The molecule has 174 valence electrons. The molecule has 1 unspecified atom stereocenters. The molecule has 0 saturated carbocycles. The molecule has 4 rings (SSSR count). The number of para-hydroxylation sites is 1. The molecular weight excluding hydrogens is 470 g/mol. The molecule has 0 aliphatic heterocycles. The Labute approximate surface area is 205 Å². The fourth-order valence-electron chi connectivity index (χ4n) is 3.06. The molecule has 2 N–H and O–H groups in total. The van der Waals surface area contributed by atoms with Gasteiger partial charge in [-0.3, -0.25) is 9.59 Å². The minimum atomic E-state index is -0.367. The lowest BCUT2D eigenvalue weighted by Gasteiger charge is -2.12. The lowest BCUT2D eigenvalue weighted by Crippen LogP contribution is -2.22. The first kappa shape index (κ1) is 23.6. The molecule has 2 amide bonds. The average Bonchev–Trinajstić information content (AvgIpc) is 3.25. The van der Waals surface area contributed by atoms with E-state index in [-0.39, 0.29) is 23.7 Å². The Hall–Kier alpha value is -3.56. The fraction of sp³-hybridized carbons (Fsp3) is 0.160. The van der Waals surface area contributed by atoms with E-state index in [1.54, 1.807) is 25.3 Å². The normalized spacial score (nSPS) is 11.6. The van der Waals surface area contributed by atoms with E-state index in [2.05, 4.69) is 15.6 Å². The molecule has 3 aromatic carbocycles. The van der Waals surface area contributed by atoms with Gasteiger partial charge in [0, 0.05) is 10.6 Å². The van der Waals surface area contributed by atoms with Crippen LogP contribution in [0.4, 0.5) is 10.8 Å². The van der Waals surface area contributed by atoms with Crippen molar-refractivity contribution in [1.29, 1.82) is 0 Å². The number of anilines is 2. The number of fused-ring (bicyclic) bond motifs is 1. The van der Waals surface area contributed by atoms with Crippen molar-refractivity contribution in [3.8, 4) is 11.5 Å². The number of hydrogen-bond acceptors (Lipinski definition) is 7. The van der Waals surface area contributed by atoms with Crippen LogP contribution in [0.15, 0.2) is 77.7 Å². The van der Waals surface area contributed by atoms with Crippen LogP contribution < -0.4 is 20.1 Å². The van der Waals surface area contributed by atoms with Crippen molar-refractivity contribution in [2.45, 2.75) is 17.1 Å². The molecule has 1 atom stereocenters. The zero-order chi connectivity index (χ0) is 23.9. The third-order valence-corrected chi connectivity index (χ3v) is 6.77. The highest BCUT2D eigenvalue weighted by atomic mass is 32.2. The van der Waals surface area contributed by atoms with E-state index in [0.29, 0.717) is 16.6 Å². The van der Waals surface area contributed by atoms with Crippen LogP contribution in [0.1, 0.15) is 6.92 Å². The number of aromatic nitrogens is 1. The van der Waals surface area contributed by atoms with Crippen molar-refractivity contribution >= 4 is 55.9 Å². The molecule has 0 radical (unpaired) electrons. The molecule has 0 aliphatic rings. The predicted octanol–water partition coefficient (Wildman–Crippen LogP) is 5.44. The Kier molecular flexibility index (Phi) is 7.66. The Morgan fingerprint density at radius 1 is 1.00 bits per heavy atom. The molecule has 0 aliphatic carbocycles. The van der Waals surface area contributed by atoms with E-state index in [1.165, 1.54) is 23.1 Å². The van der Waals surface area contributed by atoms with Crippen LogP contribution in [0.5, 0.6) is 11.5 Å². The minimum absolute atomic E-state index is 0.0891. The van der Waals surface area contributed by atoms with Crippen molar-refractivity contribution in [2.24, 2.45) is 0 Å². The van der Waals surface area contributed by atoms with E-state index in [1.807, 2.05) is 61.5 Å². The number of thioether (sulfide) groups is 1. The van der Waals surface area contributed by atoms with Crippen molar-refractivity contribution in [2.75, 3.05) is 24.4 Å². The van der Waals surface area contributed by atoms with Gasteiger partial charge >= 0.3 is 0 Å². The monoisotopic (exact) mass is 493 g/mol. The molecule has 1 heterocycles. The SMILES string of the molecule is COc1ccc2nc(NC(=O)C(C)Sc3cccc(NC(=O)COc4ccccc4)c3)sc2c1. The largest absolute Gasteiger partial charge is 0.497 e. The summed E-state index contributed by atoms with van der Waals surface area (Å²) in [5, 5.41) is 5.89. The van der Waals surface area contributed by atoms with Crippen molar-refractivity contribution in [3.63, 3.8) is 0 Å². The third-order valence-electron chi connectivity index (χ3n) is 4.74. The van der Waals surface area contributed by atoms with Gasteiger partial charge in [0.2, 0.25) is 5.91 Å². The van der Waals surface area contributed by atoms with E-state index < -0.39 is 0 Å². The summed E-state index contributed by atoms with van der Waals surface area (Å²) >= 11 is 2.80. The summed E-state index contributed by atoms with van der Waals surface area (Å²) < 4.78 is 11.7. The van der Waals surface area contributed by atoms with Crippen molar-refractivity contribution in [3.05, 3.63) is 72.8 Å². The number of rotatable bonds is 9. The lowest BCUT2D eigenvalue weighted by molar-refractivity contribution is -0.118. The highest BCUT2D eigenvalue weighted by Gasteiger charge is 2.17. The lowest BCUT2D eigenvalue weighted by atomic mass is 10.3. The van der Waals surface area contributed by atoms with Gasteiger partial charge in [0.25, 0.3) is 5.91 Å². The molecule has 34 heavy (non-hydrogen) atoms. The molecule has 9 heteroatoms. The fourth-order valence-corrected chi connectivity index (χ4v) is 4.88. The highest BCUT2D eigenvalue weighted by Crippen LogP contribution is 2.31. The second-order valence-electron chi connectivity index (χ2n) is 7.28. The van der Waals surface area contributed by atoms with Crippen molar-refractivity contribution < 1.29 is 19.1 Å². The number of benzene rings is 3. The van der Waals surface area contributed by atoms with Gasteiger partial charge < -0.3 is 20.1 Å². The van der Waals surface area contributed by atoms with Crippen LogP contribution in [0, 0.1) is 0 Å². The first-order valence-electron chi connectivity index (χ1n) is 10.5. The van der Waals surface area contributed by atoms with Crippen LogP contribution in [0.2, 0.25) is 0 Å². The van der Waals surface area contributed by atoms with E-state index in [4.69, 9.17) is 9.47 Å². The van der Waals surface area contributed by atoms with Gasteiger partial charge in [-0.25, -0.2) is 4.98 Å². The van der Waals surface area contributed by atoms with E-state index in [0.717, 1.165) is 20.9 Å². The summed E-state index contributed by atoms with van der Waals surface area (Å²) in [5.74, 6) is 0.969. The summed E-state index contributed by atoms with van der Waals surface area (Å²) in [7, 11) is 1.61. The number of carbonyl (C=O) groups excluding carboxylic acids is 2. The zero-order valence-corrected chi connectivity index (χ0v) is 20.2. The highest BCUT2D eigenvalue weighted by molar-refractivity contribution is 8.00. The molecular formula is C25H23N3O4S2. The zero-order valence-electron chi connectivity index (χ0n) is 18.6. The second kappa shape index (κ2) is 11.0. The number of amides is 2. The van der Waals surface area contributed by atoms with Crippen LogP contribution in [0.25, 0.3) is 10.2 Å². The van der Waals surface area contributed by atoms with Gasteiger partial charge in [-0.2, -0.15) is 0 Å². The van der Waals surface area contributed by atoms with Crippen LogP contribution in [-0.2, 0) is 9.59 Å². The second-order valence-corrected chi connectivity index (χ2v) is 9.72. The van der Waals surface area contributed by atoms with Gasteiger partial charge in [-0.05, 0) is 55.5 Å². The number of methoxy groups -OCH3 is 1. The maximum absolute atomic E-state index is 12.7. The minimum Gasteiger partial charge on any atom is -0.497 e. The third kappa shape index (κ3) is 6.27. The van der Waals surface area contributed by atoms with Crippen LogP contribution in [0.3, 0.4) is 0 Å². The Balaban J connectivity index is 1.32. The first-order chi connectivity index (χ1) is 16.5. The maximum Gasteiger partial charge on any atom is 0.262 e. The molecule has 0 fully saturated rings. The Morgan fingerprint density at radius 3 is 2.62 bits per heavy atom. The van der Waals surface area contributed by atoms with E-state index in [9.17, 15) is 9.59 Å². The van der Waals surface area contributed by atoms with E-state index >= 15 is 0 Å². The summed E-state index contributed by atoms with van der Waals surface area (Å²) in [6.45, 7) is 1.74. The number of nitrogens with zero attached hydrogens (tertiary/aromatic N) is 1. The number of nitrogens with one attached hydrogen (secondary N) is 2. The quantitative estimate of drug-likeness (QED) is 0.302. The standard InChI is InChI=1S/C25H23N3O4S2/c1-16(24(30)28-25-27-21-12-11-19(31-2)14-22(21)34-25)33-20-10-6-7-17(13-20)26-23(29)15-32-18-8-4-3-5-9-18/h3-14,16H,15H2,1-2H3,(H,26,29)(H,27,28,30). The van der Waals surface area contributed by atoms with Gasteiger partial charge in [-0.15, -0.1) is 11.8 Å². The summed E-state index contributed by atoms with van der Waals surface area (Å²) in [6, 6.07) is 22.1. The number of ether oxygens (including phenoxy) is 2. The number of hydrogen-bond donors (Lipinski definition) is 2. The van der Waals surface area contributed by atoms with Gasteiger partial charge in [0.15, 0.2) is 11.7 Å². The predicted molar refractivity (Wildman–Crippen MR) is 137 cm³/mol. The van der Waals surface area contributed by atoms with Gasteiger partial charge in [-0.1, -0.05) is 35.6 Å². The molecule has 1 aromatic heterocycles. The molecule has 7 nitrogen and oxygen atoms in total. The molecule has 0 bridgehead atoms. The summed E-state index contributed by atoms with van der Waals surface area (Å²) in [4.78, 5) is 30.3. The average molecular weight is 494 g/mol. The smallest absolute Gasteiger partial charge is 0.262 e. The first-order valence-corrected chi connectivity index (χ1v) is 12.2. The maximum atomic E-state index is 12.7. The van der Waals surface area contributed by atoms with Crippen LogP contribution >= 0.6 is 23.1 Å². The van der Waals surface area contributed by atoms with Crippen molar-refractivity contribution in [1.82, 2.24) is 4.98 Å². The van der Waals surface area contributed by atoms with Crippen LogP contribution in [-0.4, -0.2) is 35.8 Å². The molecule has 0 saturated heterocycles. The number of thiazole rings is 1. The Bertz CT molecular complexity index is 1290. The molecule has 4 aromatic rings. The Morgan fingerprint density at radius 2 is 1.82 bits per heavy atom. The topological polar surface area (TPSA) is 89.5 Å². The number of carbonyl (C=O) groups is 2. The summed E-state index contributed by atoms with van der Waals surface area (Å²) in [6.07, 6.45) is 0. The molecule has 0 spiro atoms. The summed E-state index contributed by atoms with van der Waals surface area (Å²) in [5.41, 5.74) is 1.44.